The summed E-state index contributed by atoms with van der Waals surface area (Å²) in [4.78, 5) is 12.0. The third-order valence-electron chi connectivity index (χ3n) is 2.81. The van der Waals surface area contributed by atoms with Gasteiger partial charge in [0.15, 0.2) is 0 Å². The molecular formula is C15H15FN4O. The van der Waals surface area contributed by atoms with Crippen LogP contribution in [-0.4, -0.2) is 15.8 Å². The van der Waals surface area contributed by atoms with Crippen LogP contribution in [0.4, 0.5) is 10.1 Å². The lowest BCUT2D eigenvalue weighted by Crippen LogP contribution is -2.24. The molecule has 21 heavy (non-hydrogen) atoms. The summed E-state index contributed by atoms with van der Waals surface area (Å²) in [5, 5.41) is 16.0. The predicted octanol–water partition coefficient (Wildman–Crippen LogP) is 2.12. The number of hydrogen-bond donors (Lipinski definition) is 1. The van der Waals surface area contributed by atoms with Crippen molar-refractivity contribution >= 4 is 5.69 Å². The van der Waals surface area contributed by atoms with Gasteiger partial charge >= 0.3 is 0 Å². The molecule has 6 heteroatoms. The van der Waals surface area contributed by atoms with Crippen molar-refractivity contribution < 1.29 is 4.39 Å². The van der Waals surface area contributed by atoms with Crippen LogP contribution in [0.1, 0.15) is 25.0 Å². The van der Waals surface area contributed by atoms with Crippen molar-refractivity contribution in [3.8, 4) is 6.07 Å². The quantitative estimate of drug-likeness (QED) is 0.934. The summed E-state index contributed by atoms with van der Waals surface area (Å²) in [5.41, 5.74) is 0.998. The zero-order valence-electron chi connectivity index (χ0n) is 11.8. The number of hydrogen-bond acceptors (Lipinski definition) is 4. The Morgan fingerprint density at radius 3 is 2.81 bits per heavy atom. The molecule has 0 spiro atoms. The molecule has 2 aromatic rings. The van der Waals surface area contributed by atoms with Gasteiger partial charge in [0, 0.05) is 12.1 Å². The highest BCUT2D eigenvalue weighted by molar-refractivity contribution is 5.39. The lowest BCUT2D eigenvalue weighted by Gasteiger charge is -2.10. The second kappa shape index (κ2) is 6.18. The standard InChI is InChI=1S/C15H15FN4O/c1-10(2)19-13-6-15(21)20(18-8-13)9-11-3-4-14(16)12(5-11)7-17/h3-6,8,10,19H,9H2,1-2H3. The van der Waals surface area contributed by atoms with Gasteiger partial charge < -0.3 is 5.32 Å². The van der Waals surface area contributed by atoms with Gasteiger partial charge in [0.25, 0.3) is 5.56 Å². The highest BCUT2D eigenvalue weighted by atomic mass is 19.1. The van der Waals surface area contributed by atoms with Gasteiger partial charge in [-0.2, -0.15) is 10.4 Å². The maximum absolute atomic E-state index is 13.2. The maximum Gasteiger partial charge on any atom is 0.269 e. The van der Waals surface area contributed by atoms with Crippen molar-refractivity contribution in [1.29, 1.82) is 5.26 Å². The van der Waals surface area contributed by atoms with E-state index in [4.69, 9.17) is 5.26 Å². The molecule has 0 aliphatic carbocycles. The van der Waals surface area contributed by atoms with Crippen LogP contribution in [0.5, 0.6) is 0 Å². The number of aromatic nitrogens is 2. The van der Waals surface area contributed by atoms with E-state index in [1.165, 1.54) is 28.9 Å². The summed E-state index contributed by atoms with van der Waals surface area (Å²) in [7, 11) is 0. The molecule has 0 radical (unpaired) electrons. The lowest BCUT2D eigenvalue weighted by molar-refractivity contribution is 0.615. The van der Waals surface area contributed by atoms with Crippen LogP contribution in [0.3, 0.4) is 0 Å². The minimum atomic E-state index is -0.571. The SMILES string of the molecule is CC(C)Nc1cnn(Cc2ccc(F)c(C#N)c2)c(=O)c1. The first-order valence-electron chi connectivity index (χ1n) is 6.52. The summed E-state index contributed by atoms with van der Waals surface area (Å²) in [6, 6.07) is 7.61. The fourth-order valence-corrected chi connectivity index (χ4v) is 1.89. The zero-order valence-corrected chi connectivity index (χ0v) is 11.8. The Morgan fingerprint density at radius 2 is 2.19 bits per heavy atom. The van der Waals surface area contributed by atoms with Gasteiger partial charge in [0.05, 0.1) is 24.0 Å². The third-order valence-corrected chi connectivity index (χ3v) is 2.81. The average Bonchev–Trinajstić information content (AvgIpc) is 2.43. The number of nitriles is 1. The molecule has 0 saturated carbocycles. The van der Waals surface area contributed by atoms with Crippen LogP contribution in [0.2, 0.25) is 0 Å². The normalized spacial score (nSPS) is 10.4. The molecule has 2 rings (SSSR count). The number of nitrogens with one attached hydrogen (secondary N) is 1. The summed E-state index contributed by atoms with van der Waals surface area (Å²) in [5.74, 6) is -0.571. The summed E-state index contributed by atoms with van der Waals surface area (Å²) < 4.78 is 14.5. The number of nitrogens with zero attached hydrogens (tertiary/aromatic N) is 3. The second-order valence-corrected chi connectivity index (χ2v) is 4.97. The number of anilines is 1. The molecule has 0 fully saturated rings. The molecular weight excluding hydrogens is 271 g/mol. The Kier molecular flexibility index (Phi) is 4.33. The van der Waals surface area contributed by atoms with E-state index in [0.717, 1.165) is 0 Å². The van der Waals surface area contributed by atoms with Crippen LogP contribution in [0, 0.1) is 17.1 Å². The fraction of sp³-hybridized carbons (Fsp3) is 0.267. The van der Waals surface area contributed by atoms with Gasteiger partial charge in [-0.05, 0) is 31.5 Å². The Labute approximate surface area is 121 Å². The van der Waals surface area contributed by atoms with Gasteiger partial charge in [-0.1, -0.05) is 6.07 Å². The minimum Gasteiger partial charge on any atom is -0.381 e. The first-order chi connectivity index (χ1) is 9.99. The third kappa shape index (κ3) is 3.66. The Bertz CT molecular complexity index is 746. The van der Waals surface area contributed by atoms with Crippen LogP contribution >= 0.6 is 0 Å². The van der Waals surface area contributed by atoms with Crippen molar-refractivity contribution in [2.45, 2.75) is 26.4 Å². The van der Waals surface area contributed by atoms with Crippen LogP contribution in [0.25, 0.3) is 0 Å². The Balaban J connectivity index is 2.24. The first kappa shape index (κ1) is 14.7. The van der Waals surface area contributed by atoms with Crippen molar-refractivity contribution in [2.75, 3.05) is 5.32 Å². The molecule has 1 heterocycles. The van der Waals surface area contributed by atoms with Crippen molar-refractivity contribution in [2.24, 2.45) is 0 Å². The van der Waals surface area contributed by atoms with E-state index >= 15 is 0 Å². The van der Waals surface area contributed by atoms with Gasteiger partial charge in [-0.15, -0.1) is 0 Å². The molecule has 108 valence electrons. The van der Waals surface area contributed by atoms with Crippen molar-refractivity contribution in [1.82, 2.24) is 9.78 Å². The molecule has 0 atom stereocenters. The minimum absolute atomic E-state index is 0.0429. The van der Waals surface area contributed by atoms with Gasteiger partial charge in [0.1, 0.15) is 11.9 Å². The van der Waals surface area contributed by atoms with Crippen LogP contribution < -0.4 is 10.9 Å². The summed E-state index contributed by atoms with van der Waals surface area (Å²) in [6.45, 7) is 4.12. The van der Waals surface area contributed by atoms with E-state index < -0.39 is 5.82 Å². The topological polar surface area (TPSA) is 70.7 Å². The monoisotopic (exact) mass is 286 g/mol. The fourth-order valence-electron chi connectivity index (χ4n) is 1.89. The molecule has 1 aromatic heterocycles. The number of halogens is 1. The molecule has 0 aliphatic rings. The summed E-state index contributed by atoms with van der Waals surface area (Å²) in [6.07, 6.45) is 1.57. The molecule has 0 amide bonds. The molecule has 0 saturated heterocycles. The highest BCUT2D eigenvalue weighted by Gasteiger charge is 2.06. The van der Waals surface area contributed by atoms with E-state index in [0.29, 0.717) is 11.3 Å². The average molecular weight is 286 g/mol. The van der Waals surface area contributed by atoms with Crippen molar-refractivity contribution in [3.63, 3.8) is 0 Å². The van der Waals surface area contributed by atoms with E-state index in [2.05, 4.69) is 10.4 Å². The molecule has 0 aliphatic heterocycles. The largest absolute Gasteiger partial charge is 0.381 e. The van der Waals surface area contributed by atoms with Gasteiger partial charge in [-0.25, -0.2) is 9.07 Å². The first-order valence-corrected chi connectivity index (χ1v) is 6.52. The van der Waals surface area contributed by atoms with Crippen molar-refractivity contribution in [3.05, 3.63) is 57.8 Å². The van der Waals surface area contributed by atoms with Crippen LogP contribution in [0.15, 0.2) is 35.3 Å². The number of rotatable bonds is 4. The van der Waals surface area contributed by atoms with E-state index in [1.807, 2.05) is 13.8 Å². The zero-order chi connectivity index (χ0) is 15.4. The lowest BCUT2D eigenvalue weighted by atomic mass is 10.1. The molecule has 0 bridgehead atoms. The molecule has 1 N–H and O–H groups in total. The van der Waals surface area contributed by atoms with E-state index in [-0.39, 0.29) is 23.7 Å². The van der Waals surface area contributed by atoms with Crippen LogP contribution in [-0.2, 0) is 6.54 Å². The maximum atomic E-state index is 13.2. The van der Waals surface area contributed by atoms with E-state index in [9.17, 15) is 9.18 Å². The summed E-state index contributed by atoms with van der Waals surface area (Å²) >= 11 is 0. The molecule has 1 aromatic carbocycles. The molecule has 0 unspecified atom stereocenters. The van der Waals surface area contributed by atoms with Gasteiger partial charge in [-0.3, -0.25) is 4.79 Å². The second-order valence-electron chi connectivity index (χ2n) is 4.97. The Morgan fingerprint density at radius 1 is 1.43 bits per heavy atom. The smallest absolute Gasteiger partial charge is 0.269 e. The molecule has 5 nitrogen and oxygen atoms in total. The highest BCUT2D eigenvalue weighted by Crippen LogP contribution is 2.10. The Hall–Kier alpha value is -2.68. The van der Waals surface area contributed by atoms with Gasteiger partial charge in [0.2, 0.25) is 0 Å². The predicted molar refractivity (Wildman–Crippen MR) is 77.5 cm³/mol. The number of benzene rings is 1. The van der Waals surface area contributed by atoms with E-state index in [1.54, 1.807) is 12.3 Å².